The van der Waals surface area contributed by atoms with Gasteiger partial charge in [0.2, 0.25) is 15.9 Å². The smallest absolute Gasteiger partial charge is 0.244 e. The lowest BCUT2D eigenvalue weighted by Gasteiger charge is -2.16. The fraction of sp³-hybridized carbons (Fsp3) is 0.600. The van der Waals surface area contributed by atoms with Crippen molar-refractivity contribution in [3.05, 3.63) is 16.7 Å². The van der Waals surface area contributed by atoms with Crippen molar-refractivity contribution in [1.82, 2.24) is 15.0 Å². The maximum atomic E-state index is 12.2. The van der Waals surface area contributed by atoms with E-state index in [0.717, 1.165) is 25.7 Å². The fourth-order valence-electron chi connectivity index (χ4n) is 2.75. The molecule has 1 aliphatic carbocycles. The van der Waals surface area contributed by atoms with Gasteiger partial charge >= 0.3 is 0 Å². The van der Waals surface area contributed by atoms with Crippen LogP contribution in [0.15, 0.2) is 21.6 Å². The molecular formula is C15H23BrN4O3S. The average molecular weight is 419 g/mol. The Labute approximate surface area is 151 Å². The predicted molar refractivity (Wildman–Crippen MR) is 95.8 cm³/mol. The zero-order valence-electron chi connectivity index (χ0n) is 13.4. The van der Waals surface area contributed by atoms with Crippen LogP contribution in [0.5, 0.6) is 0 Å². The predicted octanol–water partition coefficient (Wildman–Crippen LogP) is 1.93. The Morgan fingerprint density at radius 2 is 1.96 bits per heavy atom. The average Bonchev–Trinajstić information content (AvgIpc) is 2.78. The van der Waals surface area contributed by atoms with E-state index in [1.165, 1.54) is 25.1 Å². The minimum atomic E-state index is -3.80. The second-order valence-electron chi connectivity index (χ2n) is 5.94. The Balaban J connectivity index is 1.84. The number of carbonyl (C=O) groups is 1. The highest BCUT2D eigenvalue weighted by atomic mass is 79.9. The highest BCUT2D eigenvalue weighted by Gasteiger charge is 2.20. The molecule has 4 N–H and O–H groups in total. The van der Waals surface area contributed by atoms with Crippen LogP contribution in [0.2, 0.25) is 0 Å². The van der Waals surface area contributed by atoms with Crippen LogP contribution in [0.3, 0.4) is 0 Å². The summed E-state index contributed by atoms with van der Waals surface area (Å²) < 4.78 is 27.4. The van der Waals surface area contributed by atoms with Gasteiger partial charge in [-0.25, -0.2) is 18.1 Å². The van der Waals surface area contributed by atoms with Gasteiger partial charge in [-0.05, 0) is 34.8 Å². The molecule has 1 aromatic heterocycles. The summed E-state index contributed by atoms with van der Waals surface area (Å²) in [6, 6.07) is 1.59. The first-order valence-corrected chi connectivity index (χ1v) is 10.4. The van der Waals surface area contributed by atoms with Gasteiger partial charge in [-0.1, -0.05) is 25.7 Å². The summed E-state index contributed by atoms with van der Waals surface area (Å²) in [4.78, 5) is 15.7. The van der Waals surface area contributed by atoms with Crippen molar-refractivity contribution in [2.75, 3.05) is 12.3 Å². The summed E-state index contributed by atoms with van der Waals surface area (Å²) in [5, 5.41) is 2.99. The molecule has 1 aromatic rings. The Morgan fingerprint density at radius 1 is 1.29 bits per heavy atom. The molecule has 9 heteroatoms. The van der Waals surface area contributed by atoms with Crippen molar-refractivity contribution in [2.24, 2.45) is 0 Å². The van der Waals surface area contributed by atoms with Gasteiger partial charge in [0.15, 0.2) is 0 Å². The molecule has 0 unspecified atom stereocenters. The van der Waals surface area contributed by atoms with Gasteiger partial charge in [0, 0.05) is 29.7 Å². The molecule has 7 nitrogen and oxygen atoms in total. The third-order valence-electron chi connectivity index (χ3n) is 4.00. The number of halogens is 1. The number of anilines is 1. The van der Waals surface area contributed by atoms with E-state index in [9.17, 15) is 13.2 Å². The van der Waals surface area contributed by atoms with Crippen LogP contribution in [-0.4, -0.2) is 31.9 Å². The van der Waals surface area contributed by atoms with Gasteiger partial charge < -0.3 is 11.1 Å². The molecule has 0 bridgehead atoms. The Hall–Kier alpha value is -1.19. The van der Waals surface area contributed by atoms with E-state index in [1.54, 1.807) is 0 Å². The summed E-state index contributed by atoms with van der Waals surface area (Å²) in [5.74, 6) is -0.210. The number of nitrogens with zero attached hydrogens (tertiary/aromatic N) is 1. The Kier molecular flexibility index (Phi) is 7.00. The lowest BCUT2D eigenvalue weighted by atomic mass is 10.1. The lowest BCUT2D eigenvalue weighted by Crippen LogP contribution is -2.37. The number of amides is 1. The maximum Gasteiger partial charge on any atom is 0.244 e. The van der Waals surface area contributed by atoms with Crippen molar-refractivity contribution in [3.63, 3.8) is 0 Å². The second-order valence-corrected chi connectivity index (χ2v) is 8.59. The molecule has 0 atom stereocenters. The summed E-state index contributed by atoms with van der Waals surface area (Å²) >= 11 is 3.17. The molecule has 1 fully saturated rings. The highest BCUT2D eigenvalue weighted by molar-refractivity contribution is 9.10. The van der Waals surface area contributed by atoms with E-state index in [4.69, 9.17) is 5.73 Å². The first kappa shape index (κ1) is 19.1. The number of hydrogen-bond donors (Lipinski definition) is 3. The zero-order chi connectivity index (χ0) is 17.6. The van der Waals surface area contributed by atoms with E-state index >= 15 is 0 Å². The molecule has 1 aliphatic rings. The van der Waals surface area contributed by atoms with Crippen LogP contribution < -0.4 is 15.8 Å². The van der Waals surface area contributed by atoms with Crippen molar-refractivity contribution in [3.8, 4) is 0 Å². The van der Waals surface area contributed by atoms with Crippen LogP contribution in [0.25, 0.3) is 0 Å². The van der Waals surface area contributed by atoms with Crippen LogP contribution in [-0.2, 0) is 14.8 Å². The van der Waals surface area contributed by atoms with Crippen LogP contribution in [0.4, 0.5) is 5.82 Å². The molecule has 1 heterocycles. The van der Waals surface area contributed by atoms with Gasteiger partial charge in [0.25, 0.3) is 0 Å². The van der Waals surface area contributed by atoms with Gasteiger partial charge in [-0.3, -0.25) is 4.79 Å². The number of aromatic nitrogens is 1. The van der Waals surface area contributed by atoms with Crippen LogP contribution >= 0.6 is 15.9 Å². The number of nitrogen functional groups attached to an aromatic ring is 1. The first-order valence-electron chi connectivity index (χ1n) is 8.08. The molecular weight excluding hydrogens is 396 g/mol. The van der Waals surface area contributed by atoms with E-state index in [-0.39, 0.29) is 35.6 Å². The highest BCUT2D eigenvalue weighted by Crippen LogP contribution is 2.20. The lowest BCUT2D eigenvalue weighted by molar-refractivity contribution is -0.121. The van der Waals surface area contributed by atoms with Gasteiger partial charge in [-0.2, -0.15) is 0 Å². The largest absolute Gasteiger partial charge is 0.383 e. The van der Waals surface area contributed by atoms with Crippen molar-refractivity contribution in [2.45, 2.75) is 55.9 Å². The van der Waals surface area contributed by atoms with Crippen molar-refractivity contribution in [1.29, 1.82) is 0 Å². The number of nitrogens with one attached hydrogen (secondary N) is 2. The van der Waals surface area contributed by atoms with E-state index in [1.807, 2.05) is 0 Å². The minimum absolute atomic E-state index is 0.0207. The molecule has 0 spiro atoms. The molecule has 1 saturated carbocycles. The first-order chi connectivity index (χ1) is 11.4. The number of pyridine rings is 1. The van der Waals surface area contributed by atoms with Crippen molar-refractivity contribution < 1.29 is 13.2 Å². The topological polar surface area (TPSA) is 114 Å². The summed E-state index contributed by atoms with van der Waals surface area (Å²) in [6.07, 6.45) is 8.21. The second kappa shape index (κ2) is 8.77. The Bertz CT molecular complexity index is 673. The number of carbonyl (C=O) groups excluding carboxylic acids is 1. The fourth-order valence-corrected chi connectivity index (χ4v) is 4.37. The molecule has 0 saturated heterocycles. The van der Waals surface area contributed by atoms with E-state index in [2.05, 4.69) is 31.0 Å². The molecule has 0 aliphatic heterocycles. The van der Waals surface area contributed by atoms with E-state index in [0.29, 0.717) is 4.47 Å². The third kappa shape index (κ3) is 5.71. The molecule has 24 heavy (non-hydrogen) atoms. The van der Waals surface area contributed by atoms with E-state index < -0.39 is 10.0 Å². The monoisotopic (exact) mass is 418 g/mol. The molecule has 2 rings (SSSR count). The molecule has 0 radical (unpaired) electrons. The van der Waals surface area contributed by atoms with Gasteiger partial charge in [0.1, 0.15) is 10.7 Å². The minimum Gasteiger partial charge on any atom is -0.383 e. The normalized spacial score (nSPS) is 16.5. The number of sulfonamides is 1. The number of nitrogens with two attached hydrogens (primary N) is 1. The molecule has 1 amide bonds. The summed E-state index contributed by atoms with van der Waals surface area (Å²) in [5.41, 5.74) is 5.62. The zero-order valence-corrected chi connectivity index (χ0v) is 15.8. The maximum absolute atomic E-state index is 12.2. The standard InChI is InChI=1S/C15H23BrN4O3S/c16-11-9-13(15(17)18-10-11)24(22,23)19-8-7-14(21)20-12-5-3-1-2-4-6-12/h9-10,12,19H,1-8H2,(H2,17,18)(H,20,21). The number of hydrogen-bond acceptors (Lipinski definition) is 5. The summed E-state index contributed by atoms with van der Waals surface area (Å²) in [7, 11) is -3.80. The Morgan fingerprint density at radius 3 is 2.62 bits per heavy atom. The molecule has 134 valence electrons. The quantitative estimate of drug-likeness (QED) is 0.610. The van der Waals surface area contributed by atoms with Gasteiger partial charge in [-0.15, -0.1) is 0 Å². The summed E-state index contributed by atoms with van der Waals surface area (Å²) in [6.45, 7) is 0.0207. The third-order valence-corrected chi connectivity index (χ3v) is 5.93. The van der Waals surface area contributed by atoms with Crippen LogP contribution in [0, 0.1) is 0 Å². The van der Waals surface area contributed by atoms with Gasteiger partial charge in [0.05, 0.1) is 0 Å². The molecule has 0 aromatic carbocycles. The van der Waals surface area contributed by atoms with Crippen molar-refractivity contribution >= 4 is 37.7 Å². The number of rotatable bonds is 6. The SMILES string of the molecule is Nc1ncc(Br)cc1S(=O)(=O)NCCC(=O)NC1CCCCCC1. The van der Waals surface area contributed by atoms with Crippen LogP contribution in [0.1, 0.15) is 44.9 Å².